The Morgan fingerprint density at radius 1 is 1.21 bits per heavy atom. The first-order chi connectivity index (χ1) is 9.03. The van der Waals surface area contributed by atoms with Crippen molar-refractivity contribution in [2.24, 2.45) is 5.41 Å². The van der Waals surface area contributed by atoms with Gasteiger partial charge < -0.3 is 15.7 Å². The Morgan fingerprint density at radius 3 is 2.53 bits per heavy atom. The molecule has 0 radical (unpaired) electrons. The van der Waals surface area contributed by atoms with Gasteiger partial charge in [0.2, 0.25) is 0 Å². The molecule has 19 heavy (non-hydrogen) atoms. The second kappa shape index (κ2) is 7.79. The number of aliphatic hydroxyl groups excluding tert-OH is 1. The zero-order valence-corrected chi connectivity index (χ0v) is 11.8. The van der Waals surface area contributed by atoms with Gasteiger partial charge in [-0.3, -0.25) is 0 Å². The van der Waals surface area contributed by atoms with E-state index in [1.165, 1.54) is 0 Å². The van der Waals surface area contributed by atoms with E-state index in [-0.39, 0.29) is 18.1 Å². The van der Waals surface area contributed by atoms with Crippen molar-refractivity contribution in [3.8, 4) is 0 Å². The van der Waals surface area contributed by atoms with Gasteiger partial charge in [0, 0.05) is 19.7 Å². The van der Waals surface area contributed by atoms with Crippen LogP contribution < -0.4 is 10.6 Å². The lowest BCUT2D eigenvalue weighted by molar-refractivity contribution is 0.221. The van der Waals surface area contributed by atoms with Crippen LogP contribution in [0.2, 0.25) is 0 Å². The molecule has 0 aliphatic heterocycles. The topological polar surface area (TPSA) is 61.4 Å². The lowest BCUT2D eigenvalue weighted by atomic mass is 9.88. The summed E-state index contributed by atoms with van der Waals surface area (Å²) in [4.78, 5) is 11.7. The third kappa shape index (κ3) is 6.82. The maximum atomic E-state index is 11.7. The Hall–Kier alpha value is -1.55. The number of hydrogen-bond acceptors (Lipinski definition) is 2. The summed E-state index contributed by atoms with van der Waals surface area (Å²) in [7, 11) is 0. The summed E-state index contributed by atoms with van der Waals surface area (Å²) in [5.74, 6) is 0. The van der Waals surface area contributed by atoms with Gasteiger partial charge in [-0.05, 0) is 23.8 Å². The Balaban J connectivity index is 2.24. The fourth-order valence-corrected chi connectivity index (χ4v) is 1.81. The number of hydrogen-bond donors (Lipinski definition) is 3. The van der Waals surface area contributed by atoms with Crippen molar-refractivity contribution in [1.82, 2.24) is 10.6 Å². The van der Waals surface area contributed by atoms with Crippen molar-refractivity contribution >= 4 is 6.03 Å². The molecular weight excluding hydrogens is 240 g/mol. The molecule has 0 spiro atoms. The van der Waals surface area contributed by atoms with E-state index >= 15 is 0 Å². The van der Waals surface area contributed by atoms with E-state index in [4.69, 9.17) is 5.11 Å². The van der Waals surface area contributed by atoms with E-state index < -0.39 is 0 Å². The summed E-state index contributed by atoms with van der Waals surface area (Å²) < 4.78 is 0. The van der Waals surface area contributed by atoms with E-state index in [1.54, 1.807) is 0 Å². The summed E-state index contributed by atoms with van der Waals surface area (Å²) >= 11 is 0. The van der Waals surface area contributed by atoms with Gasteiger partial charge in [0.25, 0.3) is 0 Å². The molecule has 1 rings (SSSR count). The summed E-state index contributed by atoms with van der Waals surface area (Å²) in [5.41, 5.74) is 1.09. The maximum absolute atomic E-state index is 11.7. The average Bonchev–Trinajstić information content (AvgIpc) is 2.42. The van der Waals surface area contributed by atoms with Crippen molar-refractivity contribution in [3.63, 3.8) is 0 Å². The monoisotopic (exact) mass is 264 g/mol. The third-order valence-corrected chi connectivity index (χ3v) is 3.04. The van der Waals surface area contributed by atoms with Crippen LogP contribution in [0.25, 0.3) is 0 Å². The van der Waals surface area contributed by atoms with Gasteiger partial charge in [-0.15, -0.1) is 0 Å². The SMILES string of the molecule is CC(C)(CCCO)CNC(=O)NCc1ccccc1. The molecule has 1 aromatic carbocycles. The summed E-state index contributed by atoms with van der Waals surface area (Å²) in [5, 5.41) is 14.5. The van der Waals surface area contributed by atoms with Crippen molar-refractivity contribution in [3.05, 3.63) is 35.9 Å². The normalized spacial score (nSPS) is 11.1. The first-order valence-electron chi connectivity index (χ1n) is 6.70. The molecule has 0 atom stereocenters. The minimum atomic E-state index is -0.152. The number of benzene rings is 1. The Morgan fingerprint density at radius 2 is 1.89 bits per heavy atom. The third-order valence-electron chi connectivity index (χ3n) is 3.04. The molecule has 1 aromatic rings. The van der Waals surface area contributed by atoms with Crippen molar-refractivity contribution in [2.75, 3.05) is 13.2 Å². The molecule has 3 N–H and O–H groups in total. The predicted octanol–water partition coefficient (Wildman–Crippen LogP) is 2.28. The Labute approximate surface area is 115 Å². The maximum Gasteiger partial charge on any atom is 0.315 e. The number of aliphatic hydroxyl groups is 1. The van der Waals surface area contributed by atoms with Crippen LogP contribution in [0.4, 0.5) is 4.79 Å². The number of rotatable bonds is 7. The van der Waals surface area contributed by atoms with Crippen LogP contribution in [0.1, 0.15) is 32.3 Å². The van der Waals surface area contributed by atoms with Crippen LogP contribution in [0.15, 0.2) is 30.3 Å². The minimum absolute atomic E-state index is 0.00676. The average molecular weight is 264 g/mol. The largest absolute Gasteiger partial charge is 0.396 e. The van der Waals surface area contributed by atoms with Crippen LogP contribution in [0, 0.1) is 5.41 Å². The number of urea groups is 1. The Bertz CT molecular complexity index is 377. The van der Waals surface area contributed by atoms with Gasteiger partial charge >= 0.3 is 6.03 Å². The summed E-state index contributed by atoms with van der Waals surface area (Å²) in [6.07, 6.45) is 1.66. The number of carbonyl (C=O) groups is 1. The Kier molecular flexibility index (Phi) is 6.36. The van der Waals surface area contributed by atoms with Crippen LogP contribution >= 0.6 is 0 Å². The zero-order chi connectivity index (χ0) is 14.1. The quantitative estimate of drug-likeness (QED) is 0.707. The van der Waals surface area contributed by atoms with Crippen molar-refractivity contribution in [1.29, 1.82) is 0 Å². The van der Waals surface area contributed by atoms with E-state index in [0.717, 1.165) is 18.4 Å². The lowest BCUT2D eigenvalue weighted by Crippen LogP contribution is -2.40. The fourth-order valence-electron chi connectivity index (χ4n) is 1.81. The number of carbonyl (C=O) groups excluding carboxylic acids is 1. The summed E-state index contributed by atoms with van der Waals surface area (Å²) in [6.45, 7) is 5.50. The molecule has 0 unspecified atom stereocenters. The molecule has 0 aromatic heterocycles. The standard InChI is InChI=1S/C15H24N2O2/c1-15(2,9-6-10-18)12-17-14(19)16-11-13-7-4-3-5-8-13/h3-5,7-8,18H,6,9-12H2,1-2H3,(H2,16,17,19). The van der Waals surface area contributed by atoms with Gasteiger partial charge in [-0.25, -0.2) is 4.79 Å². The molecule has 0 aliphatic carbocycles. The summed E-state index contributed by atoms with van der Waals surface area (Å²) in [6, 6.07) is 9.66. The van der Waals surface area contributed by atoms with E-state index in [2.05, 4.69) is 24.5 Å². The molecule has 4 heteroatoms. The molecular formula is C15H24N2O2. The van der Waals surface area contributed by atoms with Crippen LogP contribution in [-0.2, 0) is 6.54 Å². The van der Waals surface area contributed by atoms with E-state index in [1.807, 2.05) is 30.3 Å². The molecule has 0 saturated carbocycles. The zero-order valence-electron chi connectivity index (χ0n) is 11.8. The highest BCUT2D eigenvalue weighted by Crippen LogP contribution is 2.20. The van der Waals surface area contributed by atoms with Gasteiger partial charge in [0.1, 0.15) is 0 Å². The molecule has 0 heterocycles. The highest BCUT2D eigenvalue weighted by Gasteiger charge is 2.18. The fraction of sp³-hybridized carbons (Fsp3) is 0.533. The van der Waals surface area contributed by atoms with Crippen LogP contribution in [0.5, 0.6) is 0 Å². The highest BCUT2D eigenvalue weighted by atomic mass is 16.2. The van der Waals surface area contributed by atoms with Gasteiger partial charge in [-0.2, -0.15) is 0 Å². The second-order valence-corrected chi connectivity index (χ2v) is 5.51. The predicted molar refractivity (Wildman–Crippen MR) is 76.8 cm³/mol. The molecule has 0 saturated heterocycles. The smallest absolute Gasteiger partial charge is 0.315 e. The van der Waals surface area contributed by atoms with E-state index in [0.29, 0.717) is 13.1 Å². The van der Waals surface area contributed by atoms with E-state index in [9.17, 15) is 4.79 Å². The van der Waals surface area contributed by atoms with Crippen molar-refractivity contribution in [2.45, 2.75) is 33.2 Å². The lowest BCUT2D eigenvalue weighted by Gasteiger charge is -2.24. The minimum Gasteiger partial charge on any atom is -0.396 e. The first-order valence-corrected chi connectivity index (χ1v) is 6.70. The highest BCUT2D eigenvalue weighted by molar-refractivity contribution is 5.73. The molecule has 0 fully saturated rings. The number of nitrogens with one attached hydrogen (secondary N) is 2. The molecule has 106 valence electrons. The second-order valence-electron chi connectivity index (χ2n) is 5.51. The molecule has 0 aliphatic rings. The molecule has 0 bridgehead atoms. The molecule has 4 nitrogen and oxygen atoms in total. The van der Waals surface area contributed by atoms with Gasteiger partial charge in [-0.1, -0.05) is 44.2 Å². The van der Waals surface area contributed by atoms with Gasteiger partial charge in [0.15, 0.2) is 0 Å². The number of amides is 2. The van der Waals surface area contributed by atoms with Gasteiger partial charge in [0.05, 0.1) is 0 Å². The van der Waals surface area contributed by atoms with Crippen LogP contribution in [-0.4, -0.2) is 24.3 Å². The van der Waals surface area contributed by atoms with Crippen molar-refractivity contribution < 1.29 is 9.90 Å². The van der Waals surface area contributed by atoms with Crippen LogP contribution in [0.3, 0.4) is 0 Å². The molecule has 2 amide bonds. The first kappa shape index (κ1) is 15.5.